The van der Waals surface area contributed by atoms with E-state index in [4.69, 9.17) is 5.26 Å². The average Bonchev–Trinajstić information content (AvgIpc) is 2.52. The molecule has 0 saturated heterocycles. The van der Waals surface area contributed by atoms with E-state index in [1.807, 2.05) is 11.4 Å². The van der Waals surface area contributed by atoms with Gasteiger partial charge in [0, 0.05) is 0 Å². The summed E-state index contributed by atoms with van der Waals surface area (Å²) in [4.78, 5) is 0. The lowest BCUT2D eigenvalue weighted by atomic mass is 9.99. The predicted molar refractivity (Wildman–Crippen MR) is 57.9 cm³/mol. The average molecular weight is 246 g/mol. The highest BCUT2D eigenvalue weighted by Gasteiger charge is 2.08. The van der Waals surface area contributed by atoms with Crippen molar-refractivity contribution in [1.29, 1.82) is 5.26 Å². The first kappa shape index (κ1) is 11.7. The first-order chi connectivity index (χ1) is 5.38. The third kappa shape index (κ3) is 2.96. The highest BCUT2D eigenvalue weighted by atomic mass is 79.9. The first-order valence-corrected chi connectivity index (χ1v) is 4.74. The number of nitriles is 1. The number of halogens is 1. The summed E-state index contributed by atoms with van der Waals surface area (Å²) in [6.45, 7) is 2.11. The highest BCUT2D eigenvalue weighted by molar-refractivity contribution is 8.93. The molecule has 1 rings (SSSR count). The topological polar surface area (TPSA) is 23.8 Å². The number of rotatable bonds is 3. The van der Waals surface area contributed by atoms with Crippen molar-refractivity contribution >= 4 is 28.3 Å². The van der Waals surface area contributed by atoms with Crippen LogP contribution in [0.1, 0.15) is 31.2 Å². The molecule has 0 fully saturated rings. The Hall–Kier alpha value is -0.330. The van der Waals surface area contributed by atoms with Crippen molar-refractivity contribution in [3.8, 4) is 6.07 Å². The van der Waals surface area contributed by atoms with Crippen LogP contribution >= 0.6 is 28.3 Å². The molecule has 0 saturated carbocycles. The van der Waals surface area contributed by atoms with E-state index in [1.54, 1.807) is 11.3 Å². The first-order valence-electron chi connectivity index (χ1n) is 3.80. The number of hydrogen-bond donors (Lipinski definition) is 0. The highest BCUT2D eigenvalue weighted by Crippen LogP contribution is 2.22. The lowest BCUT2D eigenvalue weighted by Crippen LogP contribution is -1.91. The molecule has 1 aromatic rings. The molecule has 0 spiro atoms. The van der Waals surface area contributed by atoms with Crippen molar-refractivity contribution in [2.24, 2.45) is 0 Å². The third-order valence-electron chi connectivity index (χ3n) is 1.68. The van der Waals surface area contributed by atoms with E-state index in [-0.39, 0.29) is 22.9 Å². The molecule has 0 aliphatic heterocycles. The Labute approximate surface area is 87.8 Å². The van der Waals surface area contributed by atoms with Crippen LogP contribution in [-0.4, -0.2) is 0 Å². The summed E-state index contributed by atoms with van der Waals surface area (Å²) in [5.74, 6) is 0.117. The number of nitrogens with zero attached hydrogens (tertiary/aromatic N) is 1. The summed E-state index contributed by atoms with van der Waals surface area (Å²) < 4.78 is 0. The number of thiophene rings is 1. The molecule has 1 unspecified atom stereocenters. The molecule has 1 heterocycles. The standard InChI is InChI=1S/C9H11NS.BrH/c1-2-3-8(6-10)9-4-5-11-7-9;/h4-5,7-8H,2-3H2,1H3;1H. The zero-order valence-corrected chi connectivity index (χ0v) is 9.52. The van der Waals surface area contributed by atoms with Gasteiger partial charge in [0.15, 0.2) is 0 Å². The van der Waals surface area contributed by atoms with Crippen LogP contribution in [0.15, 0.2) is 16.8 Å². The Morgan fingerprint density at radius 1 is 1.67 bits per heavy atom. The van der Waals surface area contributed by atoms with Crippen molar-refractivity contribution < 1.29 is 0 Å². The summed E-state index contributed by atoms with van der Waals surface area (Å²) in [5, 5.41) is 12.9. The fourth-order valence-corrected chi connectivity index (χ4v) is 1.78. The lowest BCUT2D eigenvalue weighted by molar-refractivity contribution is 0.729. The molecule has 3 heteroatoms. The van der Waals surface area contributed by atoms with Crippen molar-refractivity contribution in [1.82, 2.24) is 0 Å². The van der Waals surface area contributed by atoms with Crippen molar-refractivity contribution in [3.63, 3.8) is 0 Å². The second-order valence-corrected chi connectivity index (χ2v) is 3.31. The van der Waals surface area contributed by atoms with Gasteiger partial charge in [-0.25, -0.2) is 0 Å². The molecule has 0 radical (unpaired) electrons. The molecule has 0 aromatic carbocycles. The second-order valence-electron chi connectivity index (χ2n) is 2.53. The summed E-state index contributed by atoms with van der Waals surface area (Å²) in [5.41, 5.74) is 1.18. The molecule has 66 valence electrons. The molecule has 1 nitrogen and oxygen atoms in total. The van der Waals surface area contributed by atoms with Gasteiger partial charge in [0.25, 0.3) is 0 Å². The van der Waals surface area contributed by atoms with E-state index in [9.17, 15) is 0 Å². The molecular weight excluding hydrogens is 234 g/mol. The molecular formula is C9H12BrNS. The van der Waals surface area contributed by atoms with Gasteiger partial charge in [-0.2, -0.15) is 16.6 Å². The molecule has 0 aliphatic carbocycles. The van der Waals surface area contributed by atoms with Crippen LogP contribution in [0.3, 0.4) is 0 Å². The van der Waals surface area contributed by atoms with Gasteiger partial charge in [0.1, 0.15) is 0 Å². The lowest BCUT2D eigenvalue weighted by Gasteiger charge is -2.02. The molecule has 0 bridgehead atoms. The zero-order chi connectivity index (χ0) is 8.10. The molecule has 1 atom stereocenters. The fraction of sp³-hybridized carbons (Fsp3) is 0.444. The summed E-state index contributed by atoms with van der Waals surface area (Å²) in [6.07, 6.45) is 2.06. The van der Waals surface area contributed by atoms with Gasteiger partial charge in [-0.15, -0.1) is 17.0 Å². The molecule has 0 aliphatic rings. The predicted octanol–water partition coefficient (Wildman–Crippen LogP) is 3.73. The van der Waals surface area contributed by atoms with Crippen LogP contribution in [0.5, 0.6) is 0 Å². The van der Waals surface area contributed by atoms with Gasteiger partial charge >= 0.3 is 0 Å². The smallest absolute Gasteiger partial charge is 0.0720 e. The molecule has 0 N–H and O–H groups in total. The van der Waals surface area contributed by atoms with Crippen LogP contribution in [0.25, 0.3) is 0 Å². The Balaban J connectivity index is 0.00000121. The summed E-state index contributed by atoms with van der Waals surface area (Å²) in [7, 11) is 0. The quantitative estimate of drug-likeness (QED) is 0.797. The maximum absolute atomic E-state index is 8.78. The van der Waals surface area contributed by atoms with E-state index in [1.165, 1.54) is 5.56 Å². The van der Waals surface area contributed by atoms with Crippen molar-refractivity contribution in [2.45, 2.75) is 25.7 Å². The van der Waals surface area contributed by atoms with E-state index in [0.29, 0.717) is 0 Å². The van der Waals surface area contributed by atoms with Crippen molar-refractivity contribution in [2.75, 3.05) is 0 Å². The van der Waals surface area contributed by atoms with Crippen LogP contribution in [0.2, 0.25) is 0 Å². The summed E-state index contributed by atoms with van der Waals surface area (Å²) in [6, 6.07) is 4.35. The fourth-order valence-electron chi connectivity index (χ4n) is 1.07. The van der Waals surface area contributed by atoms with E-state index < -0.39 is 0 Å². The Kier molecular flexibility index (Phi) is 6.04. The van der Waals surface area contributed by atoms with Crippen LogP contribution in [-0.2, 0) is 0 Å². The van der Waals surface area contributed by atoms with Crippen LogP contribution in [0.4, 0.5) is 0 Å². The van der Waals surface area contributed by atoms with E-state index in [0.717, 1.165) is 12.8 Å². The minimum absolute atomic E-state index is 0. The summed E-state index contributed by atoms with van der Waals surface area (Å²) >= 11 is 1.66. The maximum Gasteiger partial charge on any atom is 0.0720 e. The minimum atomic E-state index is 0. The Morgan fingerprint density at radius 2 is 2.42 bits per heavy atom. The third-order valence-corrected chi connectivity index (χ3v) is 2.38. The largest absolute Gasteiger partial charge is 0.198 e. The molecule has 0 amide bonds. The second kappa shape index (κ2) is 6.22. The van der Waals surface area contributed by atoms with Gasteiger partial charge in [-0.05, 0) is 28.8 Å². The number of hydrogen-bond acceptors (Lipinski definition) is 2. The SMILES string of the molecule is Br.CCCC(C#N)c1ccsc1. The normalized spacial score (nSPS) is 11.3. The minimum Gasteiger partial charge on any atom is -0.198 e. The van der Waals surface area contributed by atoms with E-state index in [2.05, 4.69) is 18.4 Å². The van der Waals surface area contributed by atoms with Crippen LogP contribution < -0.4 is 0 Å². The van der Waals surface area contributed by atoms with Gasteiger partial charge in [0.2, 0.25) is 0 Å². The van der Waals surface area contributed by atoms with Gasteiger partial charge in [-0.3, -0.25) is 0 Å². The van der Waals surface area contributed by atoms with E-state index >= 15 is 0 Å². The molecule has 12 heavy (non-hydrogen) atoms. The van der Waals surface area contributed by atoms with Gasteiger partial charge in [-0.1, -0.05) is 13.3 Å². The van der Waals surface area contributed by atoms with Gasteiger partial charge in [0.05, 0.1) is 12.0 Å². The monoisotopic (exact) mass is 245 g/mol. The Bertz CT molecular complexity index is 238. The Morgan fingerprint density at radius 3 is 2.83 bits per heavy atom. The maximum atomic E-state index is 8.78. The van der Waals surface area contributed by atoms with Gasteiger partial charge < -0.3 is 0 Å². The van der Waals surface area contributed by atoms with Crippen molar-refractivity contribution in [3.05, 3.63) is 22.4 Å². The van der Waals surface area contributed by atoms with Crippen LogP contribution in [0, 0.1) is 11.3 Å². The molecule has 1 aromatic heterocycles. The zero-order valence-electron chi connectivity index (χ0n) is 6.99.